The molecule has 1 aliphatic rings. The molecule has 150 valence electrons. The summed E-state index contributed by atoms with van der Waals surface area (Å²) < 4.78 is 5.61. The Hall–Kier alpha value is -2.08. The van der Waals surface area contributed by atoms with E-state index in [0.29, 0.717) is 12.3 Å². The predicted molar refractivity (Wildman–Crippen MR) is 113 cm³/mol. The molecule has 1 N–H and O–H groups in total. The maximum absolute atomic E-state index is 12.3. The summed E-state index contributed by atoms with van der Waals surface area (Å²) >= 11 is 6.05. The van der Waals surface area contributed by atoms with Crippen molar-refractivity contribution in [3.05, 3.63) is 64.7 Å². The fraction of sp³-hybridized carbons (Fsp3) is 0.409. The number of amides is 1. The van der Waals surface area contributed by atoms with E-state index in [4.69, 9.17) is 16.3 Å². The van der Waals surface area contributed by atoms with Crippen LogP contribution in [0.25, 0.3) is 0 Å². The van der Waals surface area contributed by atoms with Crippen molar-refractivity contribution in [1.82, 2.24) is 15.1 Å². The maximum Gasteiger partial charge on any atom is 0.258 e. The minimum atomic E-state index is -0.116. The normalized spacial score (nSPS) is 16.5. The van der Waals surface area contributed by atoms with Crippen molar-refractivity contribution < 1.29 is 9.53 Å². The number of aryl methyl sites for hydroxylation is 1. The molecular weight excluding hydrogens is 374 g/mol. The number of carbonyl (C=O) groups is 1. The van der Waals surface area contributed by atoms with Crippen molar-refractivity contribution in [2.24, 2.45) is 0 Å². The lowest BCUT2D eigenvalue weighted by atomic mass is 10.0. The third-order valence-corrected chi connectivity index (χ3v) is 5.34. The summed E-state index contributed by atoms with van der Waals surface area (Å²) in [6, 6.07) is 15.7. The maximum atomic E-state index is 12.3. The van der Waals surface area contributed by atoms with E-state index >= 15 is 0 Å². The van der Waals surface area contributed by atoms with Crippen LogP contribution in [0.15, 0.2) is 48.5 Å². The van der Waals surface area contributed by atoms with E-state index < -0.39 is 0 Å². The van der Waals surface area contributed by atoms with Gasteiger partial charge in [-0.1, -0.05) is 35.9 Å². The van der Waals surface area contributed by atoms with Gasteiger partial charge in [0.15, 0.2) is 6.61 Å². The average molecular weight is 402 g/mol. The fourth-order valence-electron chi connectivity index (χ4n) is 3.39. The van der Waals surface area contributed by atoms with Crippen LogP contribution in [-0.4, -0.2) is 62.1 Å². The third kappa shape index (κ3) is 5.96. The van der Waals surface area contributed by atoms with Crippen LogP contribution < -0.4 is 10.1 Å². The summed E-state index contributed by atoms with van der Waals surface area (Å²) in [7, 11) is 2.14. The van der Waals surface area contributed by atoms with Gasteiger partial charge in [0.25, 0.3) is 5.91 Å². The van der Waals surface area contributed by atoms with Gasteiger partial charge >= 0.3 is 0 Å². The molecule has 0 aromatic heterocycles. The lowest BCUT2D eigenvalue weighted by Crippen LogP contribution is -2.48. The van der Waals surface area contributed by atoms with Crippen LogP contribution in [0.2, 0.25) is 5.02 Å². The first-order valence-corrected chi connectivity index (χ1v) is 10.0. The number of nitrogens with one attached hydrogen (secondary N) is 1. The van der Waals surface area contributed by atoms with Crippen molar-refractivity contribution in [2.75, 3.05) is 46.4 Å². The monoisotopic (exact) mass is 401 g/mol. The van der Waals surface area contributed by atoms with Gasteiger partial charge in [-0.25, -0.2) is 0 Å². The Morgan fingerprint density at radius 2 is 1.86 bits per heavy atom. The number of piperazine rings is 1. The summed E-state index contributed by atoms with van der Waals surface area (Å²) in [5.74, 6) is 0.595. The van der Waals surface area contributed by atoms with E-state index in [-0.39, 0.29) is 18.6 Å². The number of rotatable bonds is 7. The third-order valence-electron chi connectivity index (χ3n) is 5.09. The Labute approximate surface area is 172 Å². The highest BCUT2D eigenvalue weighted by Crippen LogP contribution is 2.23. The fourth-order valence-corrected chi connectivity index (χ4v) is 3.52. The predicted octanol–water partition coefficient (Wildman–Crippen LogP) is 3.13. The zero-order chi connectivity index (χ0) is 19.9. The van der Waals surface area contributed by atoms with Gasteiger partial charge in [-0.3, -0.25) is 9.69 Å². The number of likely N-dealkylation sites (N-methyl/N-ethyl adjacent to an activating group) is 1. The lowest BCUT2D eigenvalue weighted by molar-refractivity contribution is -0.123. The van der Waals surface area contributed by atoms with E-state index in [1.807, 2.05) is 55.5 Å². The van der Waals surface area contributed by atoms with Gasteiger partial charge in [-0.05, 0) is 49.4 Å². The molecule has 0 unspecified atom stereocenters. The number of halogens is 1. The second-order valence-corrected chi connectivity index (χ2v) is 7.75. The standard InChI is InChI=1S/C22H28ClN3O2/c1-17-4-3-5-20(14-17)28-16-22(27)24-15-21(18-6-8-19(23)9-7-18)26-12-10-25(2)11-13-26/h3-9,14,21H,10-13,15-16H2,1-2H3,(H,24,27)/t21-/m0/s1. The molecule has 1 aliphatic heterocycles. The van der Waals surface area contributed by atoms with Crippen LogP contribution in [-0.2, 0) is 4.79 Å². The molecule has 0 aliphatic carbocycles. The first-order chi connectivity index (χ1) is 13.5. The molecule has 6 heteroatoms. The molecule has 1 fully saturated rings. The molecule has 0 spiro atoms. The number of carbonyl (C=O) groups excluding carboxylic acids is 1. The molecule has 1 heterocycles. The van der Waals surface area contributed by atoms with Crippen molar-refractivity contribution >= 4 is 17.5 Å². The Morgan fingerprint density at radius 3 is 2.54 bits per heavy atom. The highest BCUT2D eigenvalue weighted by atomic mass is 35.5. The molecule has 1 amide bonds. The Bertz CT molecular complexity index is 774. The highest BCUT2D eigenvalue weighted by Gasteiger charge is 2.24. The number of hydrogen-bond donors (Lipinski definition) is 1. The Kier molecular flexibility index (Phi) is 7.31. The first-order valence-electron chi connectivity index (χ1n) is 9.65. The molecule has 1 saturated heterocycles. The molecule has 1 atom stereocenters. The zero-order valence-corrected chi connectivity index (χ0v) is 17.3. The summed E-state index contributed by atoms with van der Waals surface area (Å²) in [5.41, 5.74) is 2.27. The first kappa shape index (κ1) is 20.6. The Balaban J connectivity index is 1.59. The molecule has 2 aromatic rings. The number of nitrogens with zero attached hydrogens (tertiary/aromatic N) is 2. The zero-order valence-electron chi connectivity index (χ0n) is 16.5. The van der Waals surface area contributed by atoms with Gasteiger partial charge in [0.2, 0.25) is 0 Å². The molecule has 2 aromatic carbocycles. The largest absolute Gasteiger partial charge is 0.484 e. The van der Waals surface area contributed by atoms with Crippen LogP contribution in [0.4, 0.5) is 0 Å². The lowest BCUT2D eigenvalue weighted by Gasteiger charge is -2.38. The molecule has 0 saturated carbocycles. The topological polar surface area (TPSA) is 44.8 Å². The van der Waals surface area contributed by atoms with E-state index in [9.17, 15) is 4.79 Å². The van der Waals surface area contributed by atoms with E-state index in [1.165, 1.54) is 0 Å². The van der Waals surface area contributed by atoms with Gasteiger partial charge in [0.05, 0.1) is 6.04 Å². The molecular formula is C22H28ClN3O2. The summed E-state index contributed by atoms with van der Waals surface area (Å²) in [5, 5.41) is 3.76. The van der Waals surface area contributed by atoms with Gasteiger partial charge in [0, 0.05) is 37.7 Å². The van der Waals surface area contributed by atoms with Gasteiger partial charge in [0.1, 0.15) is 5.75 Å². The number of hydrogen-bond acceptors (Lipinski definition) is 4. The van der Waals surface area contributed by atoms with Crippen LogP contribution in [0.1, 0.15) is 17.2 Å². The average Bonchev–Trinajstić information content (AvgIpc) is 2.69. The van der Waals surface area contributed by atoms with Crippen LogP contribution in [0, 0.1) is 6.92 Å². The second kappa shape index (κ2) is 9.92. The van der Waals surface area contributed by atoms with Crippen molar-refractivity contribution in [3.8, 4) is 5.75 Å². The minimum Gasteiger partial charge on any atom is -0.484 e. The number of ether oxygens (including phenoxy) is 1. The molecule has 0 bridgehead atoms. The SMILES string of the molecule is Cc1cccc(OCC(=O)NC[C@@H](c2ccc(Cl)cc2)N2CCN(C)CC2)c1. The van der Waals surface area contributed by atoms with Crippen molar-refractivity contribution in [1.29, 1.82) is 0 Å². The molecule has 3 rings (SSSR count). The molecule has 28 heavy (non-hydrogen) atoms. The summed E-state index contributed by atoms with van der Waals surface area (Å²) in [6.45, 7) is 6.54. The minimum absolute atomic E-state index is 0.0134. The highest BCUT2D eigenvalue weighted by molar-refractivity contribution is 6.30. The second-order valence-electron chi connectivity index (χ2n) is 7.32. The van der Waals surface area contributed by atoms with Crippen LogP contribution in [0.5, 0.6) is 5.75 Å². The summed E-state index contributed by atoms with van der Waals surface area (Å²) in [4.78, 5) is 17.1. The molecule has 0 radical (unpaired) electrons. The number of benzene rings is 2. The smallest absolute Gasteiger partial charge is 0.258 e. The van der Waals surface area contributed by atoms with Crippen LogP contribution >= 0.6 is 11.6 Å². The quantitative estimate of drug-likeness (QED) is 0.774. The van der Waals surface area contributed by atoms with Gasteiger partial charge in [-0.2, -0.15) is 0 Å². The van der Waals surface area contributed by atoms with E-state index in [2.05, 4.69) is 22.2 Å². The van der Waals surface area contributed by atoms with E-state index in [0.717, 1.165) is 42.3 Å². The van der Waals surface area contributed by atoms with Crippen molar-refractivity contribution in [3.63, 3.8) is 0 Å². The summed E-state index contributed by atoms with van der Waals surface area (Å²) in [6.07, 6.45) is 0. The van der Waals surface area contributed by atoms with Gasteiger partial charge in [-0.15, -0.1) is 0 Å². The van der Waals surface area contributed by atoms with E-state index in [1.54, 1.807) is 0 Å². The van der Waals surface area contributed by atoms with Gasteiger partial charge < -0.3 is 15.0 Å². The van der Waals surface area contributed by atoms with Crippen LogP contribution in [0.3, 0.4) is 0 Å². The molecule has 5 nitrogen and oxygen atoms in total. The van der Waals surface area contributed by atoms with Crippen molar-refractivity contribution in [2.45, 2.75) is 13.0 Å². The Morgan fingerprint density at radius 1 is 1.14 bits per heavy atom.